The quantitative estimate of drug-likeness (QED) is 0.316. The Balaban J connectivity index is 0.00000320. The molecule has 1 aromatic rings. The van der Waals surface area contributed by atoms with Crippen LogP contribution in [-0.4, -0.2) is 73.8 Å². The lowest BCUT2D eigenvalue weighted by atomic mass is 10.1. The fourth-order valence-electron chi connectivity index (χ4n) is 4.20. The first-order valence-electron chi connectivity index (χ1n) is 10.6. The van der Waals surface area contributed by atoms with Gasteiger partial charge >= 0.3 is 6.18 Å². The van der Waals surface area contributed by atoms with Crippen molar-refractivity contribution in [1.29, 1.82) is 0 Å². The molecule has 30 heavy (non-hydrogen) atoms. The van der Waals surface area contributed by atoms with Crippen molar-refractivity contribution in [2.75, 3.05) is 45.8 Å². The molecule has 2 aliphatic heterocycles. The van der Waals surface area contributed by atoms with Crippen molar-refractivity contribution >= 4 is 29.9 Å². The van der Waals surface area contributed by atoms with Gasteiger partial charge in [0.2, 0.25) is 0 Å². The molecule has 0 aliphatic carbocycles. The molecule has 0 spiro atoms. The van der Waals surface area contributed by atoms with E-state index in [1.807, 2.05) is 13.0 Å². The van der Waals surface area contributed by atoms with Gasteiger partial charge in [0.25, 0.3) is 0 Å². The van der Waals surface area contributed by atoms with E-state index in [1.54, 1.807) is 0 Å². The van der Waals surface area contributed by atoms with Crippen LogP contribution in [0.1, 0.15) is 37.8 Å². The van der Waals surface area contributed by atoms with Crippen LogP contribution in [0.25, 0.3) is 0 Å². The Bertz CT molecular complexity index is 650. The van der Waals surface area contributed by atoms with Gasteiger partial charge in [-0.1, -0.05) is 30.3 Å². The van der Waals surface area contributed by atoms with Crippen LogP contribution in [0.4, 0.5) is 13.2 Å². The monoisotopic (exact) mass is 539 g/mol. The van der Waals surface area contributed by atoms with Crippen molar-refractivity contribution in [2.24, 2.45) is 4.99 Å². The third-order valence-electron chi connectivity index (χ3n) is 5.55. The van der Waals surface area contributed by atoms with Crippen molar-refractivity contribution in [3.05, 3.63) is 35.9 Å². The highest BCUT2D eigenvalue weighted by Crippen LogP contribution is 2.25. The van der Waals surface area contributed by atoms with E-state index in [0.29, 0.717) is 38.6 Å². The second kappa shape index (κ2) is 12.1. The van der Waals surface area contributed by atoms with Crippen molar-refractivity contribution in [3.63, 3.8) is 0 Å². The standard InChI is InChI=1S/C21H32F3N5.HI/c1-2-25-20(27-18-10-13-28(15-18)16-21(22,23)24)26-14-19(29-11-6-7-12-29)17-8-4-3-5-9-17;/h3-5,8-9,18-19H,2,6-7,10-16H2,1H3,(H2,25,26,27);1H. The molecule has 2 atom stereocenters. The Hall–Kier alpha value is -1.07. The lowest BCUT2D eigenvalue weighted by molar-refractivity contribution is -0.143. The van der Waals surface area contributed by atoms with E-state index >= 15 is 0 Å². The summed E-state index contributed by atoms with van der Waals surface area (Å²) >= 11 is 0. The molecule has 0 saturated carbocycles. The topological polar surface area (TPSA) is 42.9 Å². The summed E-state index contributed by atoms with van der Waals surface area (Å²) in [4.78, 5) is 8.74. The van der Waals surface area contributed by atoms with E-state index in [1.165, 1.54) is 23.3 Å². The maximum Gasteiger partial charge on any atom is 0.401 e. The number of alkyl halides is 3. The Kier molecular flexibility index (Phi) is 10.2. The van der Waals surface area contributed by atoms with Gasteiger partial charge in [-0.25, -0.2) is 0 Å². The highest BCUT2D eigenvalue weighted by molar-refractivity contribution is 14.0. The molecule has 2 fully saturated rings. The Morgan fingerprint density at radius 2 is 1.87 bits per heavy atom. The highest BCUT2D eigenvalue weighted by Gasteiger charge is 2.34. The molecule has 2 saturated heterocycles. The smallest absolute Gasteiger partial charge is 0.357 e. The minimum absolute atomic E-state index is 0. The zero-order valence-corrected chi connectivity index (χ0v) is 19.8. The maximum absolute atomic E-state index is 12.6. The number of nitrogens with one attached hydrogen (secondary N) is 2. The van der Waals surface area contributed by atoms with Crippen LogP contribution in [0.15, 0.2) is 35.3 Å². The van der Waals surface area contributed by atoms with Crippen LogP contribution in [0.5, 0.6) is 0 Å². The van der Waals surface area contributed by atoms with Crippen LogP contribution >= 0.6 is 24.0 Å². The summed E-state index contributed by atoms with van der Waals surface area (Å²) in [6.07, 6.45) is -1.04. The van der Waals surface area contributed by atoms with E-state index in [4.69, 9.17) is 4.99 Å². The zero-order valence-electron chi connectivity index (χ0n) is 17.5. The summed E-state index contributed by atoms with van der Waals surface area (Å²) in [7, 11) is 0. The number of halogens is 4. The Morgan fingerprint density at radius 1 is 1.17 bits per heavy atom. The lowest BCUT2D eigenvalue weighted by Crippen LogP contribution is -2.45. The minimum atomic E-state index is -4.15. The van der Waals surface area contributed by atoms with Gasteiger partial charge in [-0.3, -0.25) is 14.8 Å². The molecule has 2 heterocycles. The van der Waals surface area contributed by atoms with E-state index in [9.17, 15) is 13.2 Å². The summed E-state index contributed by atoms with van der Waals surface area (Å²) < 4.78 is 37.9. The molecule has 0 bridgehead atoms. The molecule has 170 valence electrons. The first-order chi connectivity index (χ1) is 13.9. The predicted molar refractivity (Wildman–Crippen MR) is 125 cm³/mol. The van der Waals surface area contributed by atoms with Gasteiger partial charge in [-0.15, -0.1) is 24.0 Å². The van der Waals surface area contributed by atoms with E-state index in [2.05, 4.69) is 39.8 Å². The van der Waals surface area contributed by atoms with Crippen LogP contribution in [-0.2, 0) is 0 Å². The SMILES string of the molecule is CCNC(=NCC(c1ccccc1)N1CCCC1)NC1CCN(CC(F)(F)F)C1.I. The fraction of sp³-hybridized carbons (Fsp3) is 0.667. The molecule has 0 aromatic heterocycles. The van der Waals surface area contributed by atoms with Crippen molar-refractivity contribution in [3.8, 4) is 0 Å². The van der Waals surface area contributed by atoms with Gasteiger partial charge in [-0.2, -0.15) is 13.2 Å². The summed E-state index contributed by atoms with van der Waals surface area (Å²) in [5, 5.41) is 6.59. The molecule has 2 N–H and O–H groups in total. The van der Waals surface area contributed by atoms with E-state index in [-0.39, 0.29) is 36.1 Å². The minimum Gasteiger partial charge on any atom is -0.357 e. The fourth-order valence-corrected chi connectivity index (χ4v) is 4.20. The lowest BCUT2D eigenvalue weighted by Gasteiger charge is -2.27. The van der Waals surface area contributed by atoms with Gasteiger partial charge in [0, 0.05) is 25.7 Å². The van der Waals surface area contributed by atoms with E-state index in [0.717, 1.165) is 13.1 Å². The summed E-state index contributed by atoms with van der Waals surface area (Å²) in [5.74, 6) is 0.687. The summed E-state index contributed by atoms with van der Waals surface area (Å²) in [6.45, 7) is 5.49. The van der Waals surface area contributed by atoms with Crippen molar-refractivity contribution in [1.82, 2.24) is 20.4 Å². The van der Waals surface area contributed by atoms with Crippen LogP contribution < -0.4 is 10.6 Å². The molecule has 5 nitrogen and oxygen atoms in total. The largest absolute Gasteiger partial charge is 0.401 e. The van der Waals surface area contributed by atoms with Crippen molar-refractivity contribution < 1.29 is 13.2 Å². The molecule has 0 radical (unpaired) electrons. The van der Waals surface area contributed by atoms with Crippen LogP contribution in [0, 0.1) is 0 Å². The van der Waals surface area contributed by atoms with Crippen molar-refractivity contribution in [2.45, 2.75) is 44.4 Å². The second-order valence-electron chi connectivity index (χ2n) is 7.87. The number of benzene rings is 1. The van der Waals surface area contributed by atoms with Crippen LogP contribution in [0.2, 0.25) is 0 Å². The van der Waals surface area contributed by atoms with E-state index < -0.39 is 12.7 Å². The number of hydrogen-bond acceptors (Lipinski definition) is 3. The van der Waals surface area contributed by atoms with Crippen LogP contribution in [0.3, 0.4) is 0 Å². The molecule has 1 aromatic carbocycles. The molecule has 2 aliphatic rings. The average molecular weight is 539 g/mol. The molecular weight excluding hydrogens is 506 g/mol. The molecular formula is C21H33F3IN5. The normalized spacial score (nSPS) is 22.0. The number of aliphatic imine (C=N–C) groups is 1. The zero-order chi connectivity index (χ0) is 20.7. The summed E-state index contributed by atoms with van der Waals surface area (Å²) in [5.41, 5.74) is 1.26. The molecule has 0 amide bonds. The van der Waals surface area contributed by atoms with Gasteiger partial charge in [-0.05, 0) is 44.8 Å². The average Bonchev–Trinajstić information content (AvgIpc) is 3.34. The molecule has 9 heteroatoms. The van der Waals surface area contributed by atoms with Gasteiger partial charge in [0.15, 0.2) is 5.96 Å². The number of nitrogens with zero attached hydrogens (tertiary/aromatic N) is 3. The number of hydrogen-bond donors (Lipinski definition) is 2. The Morgan fingerprint density at radius 3 is 2.50 bits per heavy atom. The van der Waals surface area contributed by atoms with Gasteiger partial charge in [0.1, 0.15) is 0 Å². The third-order valence-corrected chi connectivity index (χ3v) is 5.55. The summed E-state index contributed by atoms with van der Waals surface area (Å²) in [6, 6.07) is 10.6. The highest BCUT2D eigenvalue weighted by atomic mass is 127. The molecule has 3 rings (SSSR count). The Labute approximate surface area is 194 Å². The number of rotatable bonds is 7. The van der Waals surface area contributed by atoms with Gasteiger partial charge < -0.3 is 10.6 Å². The first-order valence-corrected chi connectivity index (χ1v) is 10.6. The number of guanidine groups is 1. The number of likely N-dealkylation sites (tertiary alicyclic amines) is 2. The van der Waals surface area contributed by atoms with Gasteiger partial charge in [0.05, 0.1) is 19.1 Å². The first kappa shape index (κ1) is 25.2. The predicted octanol–water partition coefficient (Wildman–Crippen LogP) is 3.63. The third kappa shape index (κ3) is 7.88. The molecule has 2 unspecified atom stereocenters. The second-order valence-corrected chi connectivity index (χ2v) is 7.87. The maximum atomic E-state index is 12.6.